The maximum absolute atomic E-state index is 13.8. The Morgan fingerprint density at radius 2 is 1.77 bits per heavy atom. The van der Waals surface area contributed by atoms with Gasteiger partial charge in [-0.05, 0) is 75.4 Å². The van der Waals surface area contributed by atoms with Crippen molar-refractivity contribution in [3.63, 3.8) is 0 Å². The van der Waals surface area contributed by atoms with Crippen molar-refractivity contribution in [1.29, 1.82) is 0 Å². The lowest BCUT2D eigenvalue weighted by molar-refractivity contribution is 0.0593. The molecule has 6 nitrogen and oxygen atoms in total. The van der Waals surface area contributed by atoms with E-state index in [1.165, 1.54) is 0 Å². The molecule has 2 aromatic carbocycles. The molecule has 0 fully saturated rings. The van der Waals surface area contributed by atoms with Crippen LogP contribution in [0, 0.1) is 13.8 Å². The van der Waals surface area contributed by atoms with Gasteiger partial charge in [0.15, 0.2) is 5.43 Å². The number of fused-ring (bicyclic) bond motifs is 2. The van der Waals surface area contributed by atoms with E-state index in [0.29, 0.717) is 42.7 Å². The van der Waals surface area contributed by atoms with E-state index in [0.717, 1.165) is 35.3 Å². The SMILES string of the molecule is CCCCOc1ccc(C2c3c(oc4cc(C)cc(C)c4c3=O)C(=O)N2CCCOC(C)C)cc1. The second-order valence-electron chi connectivity index (χ2n) is 9.57. The molecule has 186 valence electrons. The minimum absolute atomic E-state index is 0.122. The van der Waals surface area contributed by atoms with Gasteiger partial charge in [0.1, 0.15) is 11.3 Å². The van der Waals surface area contributed by atoms with Crippen LogP contribution >= 0.6 is 0 Å². The van der Waals surface area contributed by atoms with Crippen molar-refractivity contribution in [2.45, 2.75) is 66.0 Å². The Labute approximate surface area is 206 Å². The molecule has 1 aliphatic heterocycles. The van der Waals surface area contributed by atoms with Crippen LogP contribution in [0.2, 0.25) is 0 Å². The quantitative estimate of drug-likeness (QED) is 0.338. The third-order valence-corrected chi connectivity index (χ3v) is 6.37. The molecular weight excluding hydrogens is 442 g/mol. The van der Waals surface area contributed by atoms with Crippen LogP contribution in [0.25, 0.3) is 11.0 Å². The standard InChI is InChI=1S/C29H35NO5/c1-6-7-14-34-22-11-9-21(10-12-22)26-25-27(31)24-20(5)16-19(4)17-23(24)35-28(25)29(32)30(26)13-8-15-33-18(2)3/h9-12,16-18,26H,6-8,13-15H2,1-5H3. The Hall–Kier alpha value is -3.12. The molecule has 1 atom stereocenters. The number of amides is 1. The Balaban J connectivity index is 1.76. The average Bonchev–Trinajstić information content (AvgIpc) is 3.08. The number of unbranched alkanes of at least 4 members (excludes halogenated alkanes) is 1. The van der Waals surface area contributed by atoms with E-state index in [4.69, 9.17) is 13.9 Å². The van der Waals surface area contributed by atoms with Crippen LogP contribution in [-0.4, -0.2) is 36.7 Å². The molecule has 1 aromatic heterocycles. The molecule has 1 unspecified atom stereocenters. The third-order valence-electron chi connectivity index (χ3n) is 6.37. The number of carbonyl (C=O) groups excluding carboxylic acids is 1. The van der Waals surface area contributed by atoms with Gasteiger partial charge < -0.3 is 18.8 Å². The predicted octanol–water partition coefficient (Wildman–Crippen LogP) is 5.95. The average molecular weight is 478 g/mol. The van der Waals surface area contributed by atoms with E-state index in [-0.39, 0.29) is 23.2 Å². The molecule has 0 aliphatic carbocycles. The highest BCUT2D eigenvalue weighted by atomic mass is 16.5. The summed E-state index contributed by atoms with van der Waals surface area (Å²) in [5.74, 6) is 0.669. The first kappa shape index (κ1) is 25.0. The van der Waals surface area contributed by atoms with Crippen molar-refractivity contribution in [2.75, 3.05) is 19.8 Å². The van der Waals surface area contributed by atoms with Crippen molar-refractivity contribution < 1.29 is 18.7 Å². The summed E-state index contributed by atoms with van der Waals surface area (Å²) in [6, 6.07) is 11.0. The highest BCUT2D eigenvalue weighted by molar-refractivity contribution is 5.99. The van der Waals surface area contributed by atoms with Gasteiger partial charge in [-0.15, -0.1) is 0 Å². The van der Waals surface area contributed by atoms with Crippen LogP contribution in [0.4, 0.5) is 0 Å². The van der Waals surface area contributed by atoms with E-state index >= 15 is 0 Å². The van der Waals surface area contributed by atoms with Gasteiger partial charge in [-0.1, -0.05) is 31.5 Å². The maximum atomic E-state index is 13.8. The van der Waals surface area contributed by atoms with Crippen LogP contribution in [-0.2, 0) is 4.74 Å². The Bertz CT molecular complexity index is 1260. The molecule has 0 spiro atoms. The van der Waals surface area contributed by atoms with Crippen molar-refractivity contribution in [2.24, 2.45) is 0 Å². The number of carbonyl (C=O) groups is 1. The van der Waals surface area contributed by atoms with Crippen LogP contribution in [0.1, 0.15) is 78.9 Å². The van der Waals surface area contributed by atoms with Gasteiger partial charge in [0, 0.05) is 13.2 Å². The third kappa shape index (κ3) is 5.13. The molecule has 4 rings (SSSR count). The fraction of sp³-hybridized carbons (Fsp3) is 0.448. The normalized spacial score (nSPS) is 15.3. The molecule has 6 heteroatoms. The van der Waals surface area contributed by atoms with E-state index in [1.807, 2.05) is 64.1 Å². The summed E-state index contributed by atoms with van der Waals surface area (Å²) in [5, 5.41) is 0.539. The van der Waals surface area contributed by atoms with Gasteiger partial charge in [-0.25, -0.2) is 0 Å². The highest BCUT2D eigenvalue weighted by Gasteiger charge is 2.42. The molecule has 0 N–H and O–H groups in total. The number of hydrogen-bond acceptors (Lipinski definition) is 5. The fourth-order valence-corrected chi connectivity index (χ4v) is 4.73. The number of rotatable bonds is 10. The lowest BCUT2D eigenvalue weighted by Crippen LogP contribution is -2.31. The van der Waals surface area contributed by atoms with Crippen LogP contribution < -0.4 is 10.2 Å². The zero-order valence-corrected chi connectivity index (χ0v) is 21.3. The Morgan fingerprint density at radius 1 is 1.03 bits per heavy atom. The fourth-order valence-electron chi connectivity index (χ4n) is 4.73. The first-order chi connectivity index (χ1) is 16.8. The van der Waals surface area contributed by atoms with Gasteiger partial charge in [0.25, 0.3) is 5.91 Å². The lowest BCUT2D eigenvalue weighted by atomic mass is 9.97. The molecule has 3 aromatic rings. The molecule has 0 saturated heterocycles. The molecular formula is C29H35NO5. The molecule has 35 heavy (non-hydrogen) atoms. The molecule has 0 radical (unpaired) electrons. The topological polar surface area (TPSA) is 69.0 Å². The molecule has 1 amide bonds. The zero-order valence-electron chi connectivity index (χ0n) is 21.3. The minimum atomic E-state index is -0.511. The molecule has 1 aliphatic rings. The first-order valence-electron chi connectivity index (χ1n) is 12.5. The maximum Gasteiger partial charge on any atom is 0.290 e. The van der Waals surface area contributed by atoms with Crippen molar-refractivity contribution >= 4 is 16.9 Å². The zero-order chi connectivity index (χ0) is 25.1. The van der Waals surface area contributed by atoms with Crippen LogP contribution in [0.3, 0.4) is 0 Å². The second kappa shape index (κ2) is 10.6. The number of benzene rings is 2. The molecule has 0 bridgehead atoms. The van der Waals surface area contributed by atoms with E-state index in [1.54, 1.807) is 4.90 Å². The second-order valence-corrected chi connectivity index (χ2v) is 9.57. The summed E-state index contributed by atoms with van der Waals surface area (Å²) in [5.41, 5.74) is 3.44. The van der Waals surface area contributed by atoms with E-state index in [9.17, 15) is 9.59 Å². The summed E-state index contributed by atoms with van der Waals surface area (Å²) in [4.78, 5) is 29.1. The van der Waals surface area contributed by atoms with Crippen molar-refractivity contribution in [1.82, 2.24) is 4.90 Å². The summed E-state index contributed by atoms with van der Waals surface area (Å²) >= 11 is 0. The Kier molecular flexibility index (Phi) is 7.60. The molecule has 0 saturated carbocycles. The smallest absolute Gasteiger partial charge is 0.290 e. The van der Waals surface area contributed by atoms with Crippen molar-refractivity contribution in [3.05, 3.63) is 74.6 Å². The number of nitrogens with zero attached hydrogens (tertiary/aromatic N) is 1. The first-order valence-corrected chi connectivity index (χ1v) is 12.5. The lowest BCUT2D eigenvalue weighted by Gasteiger charge is -2.25. The van der Waals surface area contributed by atoms with Gasteiger partial charge in [0.05, 0.1) is 29.7 Å². The Morgan fingerprint density at radius 3 is 2.46 bits per heavy atom. The van der Waals surface area contributed by atoms with Gasteiger partial charge in [-0.2, -0.15) is 0 Å². The van der Waals surface area contributed by atoms with Crippen LogP contribution in [0.15, 0.2) is 45.6 Å². The van der Waals surface area contributed by atoms with E-state index < -0.39 is 6.04 Å². The van der Waals surface area contributed by atoms with Gasteiger partial charge >= 0.3 is 0 Å². The summed E-state index contributed by atoms with van der Waals surface area (Å²) in [6.45, 7) is 11.6. The largest absolute Gasteiger partial charge is 0.494 e. The minimum Gasteiger partial charge on any atom is -0.494 e. The highest BCUT2D eigenvalue weighted by Crippen LogP contribution is 2.39. The predicted molar refractivity (Wildman–Crippen MR) is 137 cm³/mol. The van der Waals surface area contributed by atoms with Crippen molar-refractivity contribution in [3.8, 4) is 5.75 Å². The number of ether oxygens (including phenoxy) is 2. The van der Waals surface area contributed by atoms with Crippen LogP contribution in [0.5, 0.6) is 5.75 Å². The number of aryl methyl sites for hydroxylation is 2. The van der Waals surface area contributed by atoms with Gasteiger partial charge in [0.2, 0.25) is 5.76 Å². The van der Waals surface area contributed by atoms with Gasteiger partial charge in [-0.3, -0.25) is 9.59 Å². The summed E-state index contributed by atoms with van der Waals surface area (Å²) < 4.78 is 17.6. The summed E-state index contributed by atoms with van der Waals surface area (Å²) in [7, 11) is 0. The number of hydrogen-bond donors (Lipinski definition) is 0. The van der Waals surface area contributed by atoms with E-state index in [2.05, 4.69) is 6.92 Å². The monoisotopic (exact) mass is 477 g/mol. The summed E-state index contributed by atoms with van der Waals surface area (Å²) in [6.07, 6.45) is 2.85. The molecule has 2 heterocycles.